The number of benzene rings is 1. The molecule has 0 radical (unpaired) electrons. The lowest BCUT2D eigenvalue weighted by molar-refractivity contribution is 0.0953. The molecule has 1 aliphatic rings. The summed E-state index contributed by atoms with van der Waals surface area (Å²) < 4.78 is 13.4. The number of piperidine rings is 1. The Labute approximate surface area is 114 Å². The maximum Gasteiger partial charge on any atom is 0.491 e. The number of rotatable bonds is 3. The van der Waals surface area contributed by atoms with E-state index in [1.807, 2.05) is 0 Å². The third-order valence-electron chi connectivity index (χ3n) is 4.08. The van der Waals surface area contributed by atoms with Crippen LogP contribution in [0.5, 0.6) is 0 Å². The highest BCUT2D eigenvalue weighted by Gasteiger charge is 2.25. The van der Waals surface area contributed by atoms with Crippen molar-refractivity contribution in [3.8, 4) is 0 Å². The molecule has 2 N–H and O–H groups in total. The SMILES string of the molecule is C[C@@H]1CCC[C@H](C)N1Cc1ccc(F)c(B(O)O)c1. The molecular weight excluding hydrogens is 244 g/mol. The molecule has 0 unspecified atom stereocenters. The first-order valence-electron chi connectivity index (χ1n) is 6.89. The van der Waals surface area contributed by atoms with Gasteiger partial charge in [0.15, 0.2) is 0 Å². The molecule has 0 spiro atoms. The number of nitrogens with zero attached hydrogens (tertiary/aromatic N) is 1. The Bertz CT molecular complexity index is 431. The van der Waals surface area contributed by atoms with Gasteiger partial charge in [0.2, 0.25) is 0 Å². The summed E-state index contributed by atoms with van der Waals surface area (Å²) in [5.74, 6) is -0.571. The Morgan fingerprint density at radius 1 is 1.26 bits per heavy atom. The summed E-state index contributed by atoms with van der Waals surface area (Å²) in [6.45, 7) is 5.14. The van der Waals surface area contributed by atoms with Crippen molar-refractivity contribution < 1.29 is 14.4 Å². The quantitative estimate of drug-likeness (QED) is 0.809. The van der Waals surface area contributed by atoms with E-state index in [9.17, 15) is 4.39 Å². The van der Waals surface area contributed by atoms with Crippen LogP contribution in [0.15, 0.2) is 18.2 Å². The van der Waals surface area contributed by atoms with E-state index in [0.29, 0.717) is 12.1 Å². The summed E-state index contributed by atoms with van der Waals surface area (Å²) in [4.78, 5) is 2.39. The van der Waals surface area contributed by atoms with Crippen molar-refractivity contribution >= 4 is 12.6 Å². The third kappa shape index (κ3) is 3.35. The number of halogens is 1. The molecule has 19 heavy (non-hydrogen) atoms. The summed E-state index contributed by atoms with van der Waals surface area (Å²) in [7, 11) is -1.75. The number of likely N-dealkylation sites (tertiary alicyclic amines) is 1. The molecule has 1 fully saturated rings. The summed E-state index contributed by atoms with van der Waals surface area (Å²) in [6.07, 6.45) is 3.62. The average Bonchev–Trinajstić information content (AvgIpc) is 2.35. The van der Waals surface area contributed by atoms with Gasteiger partial charge in [0.05, 0.1) is 0 Å². The maximum absolute atomic E-state index is 13.4. The summed E-state index contributed by atoms with van der Waals surface area (Å²) in [6, 6.07) is 5.60. The van der Waals surface area contributed by atoms with Gasteiger partial charge in [0.1, 0.15) is 5.82 Å². The Hall–Kier alpha value is -0.905. The van der Waals surface area contributed by atoms with Gasteiger partial charge in [-0.3, -0.25) is 4.90 Å². The predicted octanol–water partition coefficient (Wildman–Crippen LogP) is 1.27. The van der Waals surface area contributed by atoms with Crippen LogP contribution >= 0.6 is 0 Å². The van der Waals surface area contributed by atoms with Crippen LogP contribution in [0.1, 0.15) is 38.7 Å². The first-order valence-corrected chi connectivity index (χ1v) is 6.89. The fourth-order valence-corrected chi connectivity index (χ4v) is 2.89. The normalized spacial score (nSPS) is 24.5. The lowest BCUT2D eigenvalue weighted by atomic mass is 9.79. The first kappa shape index (κ1) is 14.5. The first-order chi connectivity index (χ1) is 8.99. The van der Waals surface area contributed by atoms with Gasteiger partial charge in [-0.05, 0) is 38.3 Å². The van der Waals surface area contributed by atoms with Gasteiger partial charge in [0.25, 0.3) is 0 Å². The predicted molar refractivity (Wildman–Crippen MR) is 74.5 cm³/mol. The zero-order chi connectivity index (χ0) is 14.0. The average molecular weight is 265 g/mol. The largest absolute Gasteiger partial charge is 0.491 e. The third-order valence-corrected chi connectivity index (χ3v) is 4.08. The van der Waals surface area contributed by atoms with E-state index in [1.165, 1.54) is 25.3 Å². The second-order valence-corrected chi connectivity index (χ2v) is 5.53. The molecule has 2 atom stereocenters. The Morgan fingerprint density at radius 3 is 2.47 bits per heavy atom. The van der Waals surface area contributed by atoms with Crippen LogP contribution in [-0.2, 0) is 6.54 Å². The Balaban J connectivity index is 2.16. The van der Waals surface area contributed by atoms with E-state index in [4.69, 9.17) is 10.0 Å². The molecule has 1 heterocycles. The Kier molecular flexibility index (Phi) is 4.60. The van der Waals surface area contributed by atoms with E-state index in [-0.39, 0.29) is 5.46 Å². The van der Waals surface area contributed by atoms with E-state index in [2.05, 4.69) is 18.7 Å². The molecule has 5 heteroatoms. The fourth-order valence-electron chi connectivity index (χ4n) is 2.89. The molecule has 104 valence electrons. The molecule has 3 nitrogen and oxygen atoms in total. The van der Waals surface area contributed by atoms with Crippen molar-refractivity contribution in [3.63, 3.8) is 0 Å². The lowest BCUT2D eigenvalue weighted by Gasteiger charge is -2.39. The van der Waals surface area contributed by atoms with Crippen LogP contribution in [0, 0.1) is 5.82 Å². The minimum Gasteiger partial charge on any atom is -0.423 e. The molecule has 1 aromatic carbocycles. The topological polar surface area (TPSA) is 43.7 Å². The molecule has 0 bridgehead atoms. The molecule has 1 aliphatic heterocycles. The van der Waals surface area contributed by atoms with Gasteiger partial charge in [-0.2, -0.15) is 0 Å². The molecule has 0 aromatic heterocycles. The summed E-state index contributed by atoms with van der Waals surface area (Å²) >= 11 is 0. The van der Waals surface area contributed by atoms with Crippen molar-refractivity contribution in [3.05, 3.63) is 29.6 Å². The lowest BCUT2D eigenvalue weighted by Crippen LogP contribution is -2.43. The highest BCUT2D eigenvalue weighted by Crippen LogP contribution is 2.24. The molecule has 0 amide bonds. The van der Waals surface area contributed by atoms with Crippen molar-refractivity contribution in [2.45, 2.75) is 51.7 Å². The monoisotopic (exact) mass is 265 g/mol. The molecule has 0 saturated carbocycles. The second kappa shape index (κ2) is 6.03. The van der Waals surface area contributed by atoms with Crippen LogP contribution in [0.2, 0.25) is 0 Å². The highest BCUT2D eigenvalue weighted by atomic mass is 19.1. The molecule has 1 saturated heterocycles. The molecule has 0 aliphatic carbocycles. The van der Waals surface area contributed by atoms with Crippen molar-refractivity contribution in [1.82, 2.24) is 4.90 Å². The van der Waals surface area contributed by atoms with E-state index in [0.717, 1.165) is 12.1 Å². The van der Waals surface area contributed by atoms with Gasteiger partial charge in [0, 0.05) is 24.1 Å². The van der Waals surface area contributed by atoms with Crippen LogP contribution in [0.3, 0.4) is 0 Å². The standard InChI is InChI=1S/C14H21BFNO2/c1-10-4-3-5-11(2)17(10)9-12-6-7-14(16)13(8-12)15(18)19/h6-8,10-11,18-19H,3-5,9H2,1-2H3/t10-,11+. The number of hydrogen-bond donors (Lipinski definition) is 2. The second-order valence-electron chi connectivity index (χ2n) is 5.53. The minimum atomic E-state index is -1.75. The number of hydrogen-bond acceptors (Lipinski definition) is 3. The van der Waals surface area contributed by atoms with Gasteiger partial charge >= 0.3 is 7.12 Å². The molecule has 2 rings (SSSR count). The van der Waals surface area contributed by atoms with Crippen molar-refractivity contribution in [2.75, 3.05) is 0 Å². The fraction of sp³-hybridized carbons (Fsp3) is 0.571. The summed E-state index contributed by atoms with van der Waals surface area (Å²) in [5.41, 5.74) is 0.875. The molecular formula is C14H21BFNO2. The zero-order valence-electron chi connectivity index (χ0n) is 11.5. The van der Waals surface area contributed by atoms with Crippen molar-refractivity contribution in [1.29, 1.82) is 0 Å². The zero-order valence-corrected chi connectivity index (χ0v) is 11.5. The highest BCUT2D eigenvalue weighted by molar-refractivity contribution is 6.58. The minimum absolute atomic E-state index is 0.0465. The van der Waals surface area contributed by atoms with Crippen LogP contribution in [0.25, 0.3) is 0 Å². The van der Waals surface area contributed by atoms with Gasteiger partial charge < -0.3 is 10.0 Å². The molecule has 1 aromatic rings. The van der Waals surface area contributed by atoms with Gasteiger partial charge in [-0.1, -0.05) is 18.6 Å². The smallest absolute Gasteiger partial charge is 0.423 e. The summed E-state index contributed by atoms with van der Waals surface area (Å²) in [5, 5.41) is 18.3. The maximum atomic E-state index is 13.4. The van der Waals surface area contributed by atoms with Gasteiger partial charge in [-0.15, -0.1) is 0 Å². The van der Waals surface area contributed by atoms with E-state index >= 15 is 0 Å². The van der Waals surface area contributed by atoms with E-state index < -0.39 is 12.9 Å². The Morgan fingerprint density at radius 2 is 1.89 bits per heavy atom. The van der Waals surface area contributed by atoms with Gasteiger partial charge in [-0.25, -0.2) is 4.39 Å². The van der Waals surface area contributed by atoms with Crippen LogP contribution < -0.4 is 5.46 Å². The van der Waals surface area contributed by atoms with Crippen LogP contribution in [-0.4, -0.2) is 34.2 Å². The van der Waals surface area contributed by atoms with Crippen LogP contribution in [0.4, 0.5) is 4.39 Å². The van der Waals surface area contributed by atoms with E-state index in [1.54, 1.807) is 12.1 Å². The van der Waals surface area contributed by atoms with Crippen molar-refractivity contribution in [2.24, 2.45) is 0 Å².